The van der Waals surface area contributed by atoms with Crippen LogP contribution in [0.4, 0.5) is 0 Å². The van der Waals surface area contributed by atoms with Crippen LogP contribution in [0.2, 0.25) is 5.02 Å². The molecule has 0 aliphatic heterocycles. The van der Waals surface area contributed by atoms with Gasteiger partial charge in [-0.05, 0) is 19.1 Å². The van der Waals surface area contributed by atoms with Gasteiger partial charge in [0.2, 0.25) is 0 Å². The Morgan fingerprint density at radius 1 is 1.56 bits per heavy atom. The fraction of sp³-hybridized carbons (Fsp3) is 0.300. The van der Waals surface area contributed by atoms with Crippen LogP contribution in [-0.2, 0) is 7.05 Å². The first-order valence-corrected chi connectivity index (χ1v) is 6.02. The summed E-state index contributed by atoms with van der Waals surface area (Å²) < 4.78 is 1.74. The molecule has 0 aliphatic rings. The van der Waals surface area contributed by atoms with Gasteiger partial charge in [-0.15, -0.1) is 11.3 Å². The van der Waals surface area contributed by atoms with Crippen LogP contribution in [0.5, 0.6) is 0 Å². The van der Waals surface area contributed by atoms with Crippen LogP contribution >= 0.6 is 22.9 Å². The molecule has 0 saturated carbocycles. The van der Waals surface area contributed by atoms with Gasteiger partial charge in [-0.1, -0.05) is 11.6 Å². The van der Waals surface area contributed by atoms with Crippen molar-refractivity contribution in [1.29, 1.82) is 0 Å². The molecule has 0 spiro atoms. The van der Waals surface area contributed by atoms with Crippen molar-refractivity contribution in [3.05, 3.63) is 38.8 Å². The molecule has 2 rings (SSSR count). The van der Waals surface area contributed by atoms with Gasteiger partial charge in [-0.25, -0.2) is 5.43 Å². The van der Waals surface area contributed by atoms with Crippen LogP contribution in [0, 0.1) is 6.92 Å². The Morgan fingerprint density at radius 3 is 2.75 bits per heavy atom. The number of hydrazine groups is 1. The van der Waals surface area contributed by atoms with Crippen molar-refractivity contribution in [2.24, 2.45) is 12.9 Å². The van der Waals surface area contributed by atoms with E-state index in [0.29, 0.717) is 5.02 Å². The maximum atomic E-state index is 6.10. The molecule has 86 valence electrons. The fourth-order valence-electron chi connectivity index (χ4n) is 1.65. The van der Waals surface area contributed by atoms with Crippen LogP contribution in [0.25, 0.3) is 0 Å². The topological polar surface area (TPSA) is 55.9 Å². The molecule has 1 unspecified atom stereocenters. The van der Waals surface area contributed by atoms with Gasteiger partial charge in [0.15, 0.2) is 0 Å². The first-order valence-electron chi connectivity index (χ1n) is 4.83. The standard InChI is InChI=1S/C10H13ClN4S/c1-6-3-4-8(16-6)9(14-12)10-7(11)5-13-15(10)2/h3-5,9,14H,12H2,1-2H3. The summed E-state index contributed by atoms with van der Waals surface area (Å²) in [6.45, 7) is 2.06. The molecular weight excluding hydrogens is 244 g/mol. The molecule has 6 heteroatoms. The van der Waals surface area contributed by atoms with Crippen LogP contribution in [0.1, 0.15) is 21.5 Å². The largest absolute Gasteiger partial charge is 0.270 e. The van der Waals surface area contributed by atoms with Gasteiger partial charge >= 0.3 is 0 Å². The minimum absolute atomic E-state index is 0.112. The second kappa shape index (κ2) is 4.55. The highest BCUT2D eigenvalue weighted by atomic mass is 35.5. The molecule has 0 bridgehead atoms. The van der Waals surface area contributed by atoms with Crippen LogP contribution < -0.4 is 11.3 Å². The molecule has 16 heavy (non-hydrogen) atoms. The Balaban J connectivity index is 2.44. The maximum absolute atomic E-state index is 6.10. The van der Waals surface area contributed by atoms with E-state index in [2.05, 4.69) is 23.5 Å². The third-order valence-electron chi connectivity index (χ3n) is 2.42. The second-order valence-electron chi connectivity index (χ2n) is 3.55. The lowest BCUT2D eigenvalue weighted by Gasteiger charge is -2.15. The highest BCUT2D eigenvalue weighted by molar-refractivity contribution is 7.12. The predicted molar refractivity (Wildman–Crippen MR) is 66.4 cm³/mol. The lowest BCUT2D eigenvalue weighted by Crippen LogP contribution is -2.30. The Hall–Kier alpha value is -0.880. The normalized spacial score (nSPS) is 13.0. The molecule has 0 radical (unpaired) electrons. The zero-order valence-electron chi connectivity index (χ0n) is 9.07. The van der Waals surface area contributed by atoms with Crippen molar-refractivity contribution < 1.29 is 0 Å². The number of nitrogens with two attached hydrogens (primary N) is 1. The smallest absolute Gasteiger partial charge is 0.0985 e. The van der Waals surface area contributed by atoms with Crippen LogP contribution in [0.3, 0.4) is 0 Å². The molecule has 3 N–H and O–H groups in total. The summed E-state index contributed by atoms with van der Waals surface area (Å²) >= 11 is 7.79. The third kappa shape index (κ3) is 1.99. The summed E-state index contributed by atoms with van der Waals surface area (Å²) in [4.78, 5) is 2.37. The summed E-state index contributed by atoms with van der Waals surface area (Å²) in [5.41, 5.74) is 3.66. The summed E-state index contributed by atoms with van der Waals surface area (Å²) in [5, 5.41) is 4.73. The van der Waals surface area contributed by atoms with Crippen LogP contribution in [-0.4, -0.2) is 9.78 Å². The van der Waals surface area contributed by atoms with Crippen LogP contribution in [0.15, 0.2) is 18.3 Å². The zero-order valence-corrected chi connectivity index (χ0v) is 10.6. The number of thiophene rings is 1. The lowest BCUT2D eigenvalue weighted by molar-refractivity contribution is 0.582. The quantitative estimate of drug-likeness (QED) is 0.652. The number of aromatic nitrogens is 2. The van der Waals surface area contributed by atoms with Gasteiger partial charge in [0, 0.05) is 16.8 Å². The Labute approximate surface area is 103 Å². The molecule has 0 fully saturated rings. The van der Waals surface area contributed by atoms with E-state index >= 15 is 0 Å². The van der Waals surface area contributed by atoms with E-state index in [9.17, 15) is 0 Å². The molecule has 2 heterocycles. The summed E-state index contributed by atoms with van der Waals surface area (Å²) in [5.74, 6) is 5.60. The van der Waals surface area contributed by atoms with Crippen molar-refractivity contribution in [2.45, 2.75) is 13.0 Å². The van der Waals surface area contributed by atoms with Gasteiger partial charge in [0.1, 0.15) is 0 Å². The molecule has 2 aromatic rings. The Morgan fingerprint density at radius 2 is 2.31 bits per heavy atom. The molecule has 0 amide bonds. The van der Waals surface area contributed by atoms with Gasteiger partial charge in [0.25, 0.3) is 0 Å². The highest BCUT2D eigenvalue weighted by Gasteiger charge is 2.20. The van der Waals surface area contributed by atoms with Crippen molar-refractivity contribution in [1.82, 2.24) is 15.2 Å². The molecule has 2 aromatic heterocycles. The summed E-state index contributed by atoms with van der Waals surface area (Å²) in [6, 6.07) is 4.00. The molecule has 1 atom stereocenters. The SMILES string of the molecule is Cc1ccc(C(NN)c2c(Cl)cnn2C)s1. The molecule has 0 saturated heterocycles. The number of halogens is 1. The Bertz CT molecular complexity index is 471. The van der Waals surface area contributed by atoms with E-state index in [4.69, 9.17) is 17.4 Å². The van der Waals surface area contributed by atoms with E-state index in [0.717, 1.165) is 10.6 Å². The first kappa shape index (κ1) is 11.6. The van der Waals surface area contributed by atoms with E-state index in [1.165, 1.54) is 4.88 Å². The van der Waals surface area contributed by atoms with E-state index < -0.39 is 0 Å². The van der Waals surface area contributed by atoms with Gasteiger partial charge in [-0.3, -0.25) is 10.5 Å². The lowest BCUT2D eigenvalue weighted by atomic mass is 10.2. The number of nitrogens with zero attached hydrogens (tertiary/aromatic N) is 2. The minimum Gasteiger partial charge on any atom is -0.270 e. The third-order valence-corrected chi connectivity index (χ3v) is 3.78. The monoisotopic (exact) mass is 256 g/mol. The van der Waals surface area contributed by atoms with Gasteiger partial charge < -0.3 is 0 Å². The van der Waals surface area contributed by atoms with E-state index in [1.807, 2.05) is 13.1 Å². The van der Waals surface area contributed by atoms with E-state index in [1.54, 1.807) is 22.2 Å². The maximum Gasteiger partial charge on any atom is 0.0985 e. The second-order valence-corrected chi connectivity index (χ2v) is 5.28. The van der Waals surface area contributed by atoms with Gasteiger partial charge in [0.05, 0.1) is 23.0 Å². The van der Waals surface area contributed by atoms with Crippen molar-refractivity contribution in [3.63, 3.8) is 0 Å². The number of rotatable bonds is 3. The van der Waals surface area contributed by atoms with Crippen molar-refractivity contribution in [2.75, 3.05) is 0 Å². The highest BCUT2D eigenvalue weighted by Crippen LogP contribution is 2.31. The minimum atomic E-state index is -0.112. The van der Waals surface area contributed by atoms with Crippen molar-refractivity contribution in [3.8, 4) is 0 Å². The average Bonchev–Trinajstić information content (AvgIpc) is 2.80. The number of aryl methyl sites for hydroxylation is 2. The number of nitrogens with one attached hydrogen (secondary N) is 1. The van der Waals surface area contributed by atoms with Crippen molar-refractivity contribution >= 4 is 22.9 Å². The number of hydrogen-bond donors (Lipinski definition) is 2. The summed E-state index contributed by atoms with van der Waals surface area (Å²) in [7, 11) is 1.85. The molecule has 4 nitrogen and oxygen atoms in total. The average molecular weight is 257 g/mol. The zero-order chi connectivity index (χ0) is 11.7. The number of hydrogen-bond acceptors (Lipinski definition) is 4. The van der Waals surface area contributed by atoms with E-state index in [-0.39, 0.29) is 6.04 Å². The summed E-state index contributed by atoms with van der Waals surface area (Å²) in [6.07, 6.45) is 1.63. The molecule has 0 aromatic carbocycles. The van der Waals surface area contributed by atoms with Gasteiger partial charge in [-0.2, -0.15) is 5.10 Å². The fourth-order valence-corrected chi connectivity index (χ4v) is 2.87. The molecular formula is C10H13ClN4S. The molecule has 0 aliphatic carbocycles. The predicted octanol–water partition coefficient (Wildman–Crippen LogP) is 2.00. The first-order chi connectivity index (χ1) is 7.63. The Kier molecular flexibility index (Phi) is 3.30.